The average Bonchev–Trinajstić information content (AvgIpc) is 3.24. The molecule has 0 amide bonds. The molecule has 2 atom stereocenters. The zero-order valence-corrected chi connectivity index (χ0v) is 14.8. The number of rotatable bonds is 3. The van der Waals surface area contributed by atoms with Crippen LogP contribution in [0.1, 0.15) is 31.7 Å². The Labute approximate surface area is 147 Å². The Balaban J connectivity index is 1.73. The highest BCUT2D eigenvalue weighted by Crippen LogP contribution is 2.46. The standard InChI is InChI=1S/C17H25ClFN5/c1-10(20)11-4-5-22(7-11)17-14(19)6-12-8-23(21)9-24(13-2-3-13)16(12)15(17)18/h6,10-11,13H,2-5,7-9,20-21H2,1H3/t10-,11+/m0/s1. The van der Waals surface area contributed by atoms with E-state index in [1.54, 1.807) is 11.1 Å². The van der Waals surface area contributed by atoms with Crippen LogP contribution in [-0.2, 0) is 6.54 Å². The maximum Gasteiger partial charge on any atom is 0.148 e. The van der Waals surface area contributed by atoms with Crippen molar-refractivity contribution in [3.63, 3.8) is 0 Å². The Morgan fingerprint density at radius 3 is 2.67 bits per heavy atom. The molecule has 7 heteroatoms. The summed E-state index contributed by atoms with van der Waals surface area (Å²) in [5.74, 6) is 6.15. The predicted molar refractivity (Wildman–Crippen MR) is 95.5 cm³/mol. The van der Waals surface area contributed by atoms with Gasteiger partial charge in [-0.3, -0.25) is 5.84 Å². The van der Waals surface area contributed by atoms with Gasteiger partial charge in [-0.15, -0.1) is 0 Å². The minimum Gasteiger partial charge on any atom is -0.368 e. The SMILES string of the molecule is C[C@H](N)[C@@H]1CCN(c2c(F)cc3c(c2Cl)N(C2CC2)CN(N)C3)C1. The summed E-state index contributed by atoms with van der Waals surface area (Å²) < 4.78 is 14.9. The first-order valence-electron chi connectivity index (χ1n) is 8.73. The van der Waals surface area contributed by atoms with Gasteiger partial charge in [-0.25, -0.2) is 9.40 Å². The first-order chi connectivity index (χ1) is 11.5. The van der Waals surface area contributed by atoms with Crippen LogP contribution in [0.3, 0.4) is 0 Å². The number of nitrogens with zero attached hydrogens (tertiary/aromatic N) is 3. The fourth-order valence-corrected chi connectivity index (χ4v) is 4.45. The van der Waals surface area contributed by atoms with E-state index in [0.717, 1.165) is 43.6 Å². The lowest BCUT2D eigenvalue weighted by atomic mass is 10.0. The van der Waals surface area contributed by atoms with Crippen molar-refractivity contribution in [2.24, 2.45) is 17.5 Å². The van der Waals surface area contributed by atoms with Crippen LogP contribution >= 0.6 is 11.6 Å². The second kappa shape index (κ2) is 6.02. The molecule has 4 rings (SSSR count). The Kier molecular flexibility index (Phi) is 4.11. The third-order valence-corrected chi connectivity index (χ3v) is 5.87. The predicted octanol–water partition coefficient (Wildman–Crippen LogP) is 2.27. The van der Waals surface area contributed by atoms with Crippen molar-refractivity contribution >= 4 is 23.0 Å². The summed E-state index contributed by atoms with van der Waals surface area (Å²) >= 11 is 6.74. The summed E-state index contributed by atoms with van der Waals surface area (Å²) in [6.07, 6.45) is 3.27. The van der Waals surface area contributed by atoms with E-state index in [2.05, 4.69) is 9.80 Å². The molecule has 0 aromatic heterocycles. The third-order valence-electron chi connectivity index (χ3n) is 5.51. The molecule has 1 aromatic rings. The van der Waals surface area contributed by atoms with Gasteiger partial charge in [-0.05, 0) is 43.7 Å². The molecule has 3 aliphatic rings. The van der Waals surface area contributed by atoms with Crippen molar-refractivity contribution in [3.05, 3.63) is 22.5 Å². The number of fused-ring (bicyclic) bond motifs is 1. The van der Waals surface area contributed by atoms with E-state index in [9.17, 15) is 4.39 Å². The van der Waals surface area contributed by atoms with Crippen LogP contribution < -0.4 is 21.4 Å². The molecule has 0 spiro atoms. The fourth-order valence-electron chi connectivity index (χ4n) is 4.01. The van der Waals surface area contributed by atoms with Gasteiger partial charge in [-0.2, -0.15) is 0 Å². The highest BCUT2D eigenvalue weighted by molar-refractivity contribution is 6.36. The van der Waals surface area contributed by atoms with Crippen LogP contribution in [0.2, 0.25) is 5.02 Å². The molecule has 2 fully saturated rings. The topological polar surface area (TPSA) is 61.8 Å². The Morgan fingerprint density at radius 2 is 2.04 bits per heavy atom. The number of benzene rings is 1. The summed E-state index contributed by atoms with van der Waals surface area (Å²) in [5.41, 5.74) is 8.42. The molecule has 1 aliphatic carbocycles. The summed E-state index contributed by atoms with van der Waals surface area (Å²) in [5, 5.41) is 2.26. The first-order valence-corrected chi connectivity index (χ1v) is 9.11. The lowest BCUT2D eigenvalue weighted by Crippen LogP contribution is -2.47. The smallest absolute Gasteiger partial charge is 0.148 e. The first kappa shape index (κ1) is 16.4. The van der Waals surface area contributed by atoms with Gasteiger partial charge in [0.05, 0.1) is 23.1 Å². The quantitative estimate of drug-likeness (QED) is 0.816. The van der Waals surface area contributed by atoms with E-state index in [0.29, 0.717) is 35.9 Å². The van der Waals surface area contributed by atoms with Crippen molar-refractivity contribution in [2.75, 3.05) is 29.6 Å². The minimum absolute atomic E-state index is 0.114. The van der Waals surface area contributed by atoms with E-state index in [1.807, 2.05) is 6.92 Å². The molecule has 24 heavy (non-hydrogen) atoms. The van der Waals surface area contributed by atoms with Crippen molar-refractivity contribution in [1.82, 2.24) is 5.01 Å². The Bertz CT molecular complexity index is 648. The molecular weight excluding hydrogens is 329 g/mol. The fraction of sp³-hybridized carbons (Fsp3) is 0.647. The third kappa shape index (κ3) is 2.75. The maximum absolute atomic E-state index is 14.9. The molecule has 0 unspecified atom stereocenters. The number of halogens is 2. The lowest BCUT2D eigenvalue weighted by Gasteiger charge is -2.38. The minimum atomic E-state index is -0.255. The van der Waals surface area contributed by atoms with E-state index in [1.165, 1.54) is 0 Å². The van der Waals surface area contributed by atoms with Crippen LogP contribution in [0.4, 0.5) is 15.8 Å². The second-order valence-corrected chi connectivity index (χ2v) is 7.85. The molecule has 2 heterocycles. The molecule has 5 nitrogen and oxygen atoms in total. The monoisotopic (exact) mass is 353 g/mol. The zero-order chi connectivity index (χ0) is 17.0. The zero-order valence-electron chi connectivity index (χ0n) is 14.0. The highest BCUT2D eigenvalue weighted by Gasteiger charge is 2.38. The normalized spacial score (nSPS) is 26.0. The summed E-state index contributed by atoms with van der Waals surface area (Å²) in [6, 6.07) is 2.20. The molecule has 4 N–H and O–H groups in total. The largest absolute Gasteiger partial charge is 0.368 e. The summed E-state index contributed by atoms with van der Waals surface area (Å²) in [6.45, 7) is 4.75. The Morgan fingerprint density at radius 1 is 1.29 bits per heavy atom. The van der Waals surface area contributed by atoms with Crippen molar-refractivity contribution in [1.29, 1.82) is 0 Å². The summed E-state index contributed by atoms with van der Waals surface area (Å²) in [7, 11) is 0. The molecule has 2 aliphatic heterocycles. The number of hydrogen-bond acceptors (Lipinski definition) is 5. The number of hydrazine groups is 1. The molecule has 0 bridgehead atoms. The van der Waals surface area contributed by atoms with Gasteiger partial charge in [0.15, 0.2) is 0 Å². The Hall–Kier alpha value is -1.08. The van der Waals surface area contributed by atoms with Gasteiger partial charge in [-0.1, -0.05) is 11.6 Å². The van der Waals surface area contributed by atoms with E-state index in [-0.39, 0.29) is 11.9 Å². The van der Waals surface area contributed by atoms with Gasteiger partial charge >= 0.3 is 0 Å². The van der Waals surface area contributed by atoms with Crippen LogP contribution in [0.15, 0.2) is 6.07 Å². The van der Waals surface area contributed by atoms with Crippen LogP contribution in [0, 0.1) is 11.7 Å². The average molecular weight is 354 g/mol. The lowest BCUT2D eigenvalue weighted by molar-refractivity contribution is 0.258. The molecule has 132 valence electrons. The van der Waals surface area contributed by atoms with Gasteiger partial charge < -0.3 is 15.5 Å². The second-order valence-electron chi connectivity index (χ2n) is 7.47. The summed E-state index contributed by atoms with van der Waals surface area (Å²) in [4.78, 5) is 4.30. The van der Waals surface area contributed by atoms with E-state index < -0.39 is 0 Å². The van der Waals surface area contributed by atoms with Crippen LogP contribution in [0.5, 0.6) is 0 Å². The molecule has 1 saturated carbocycles. The molecular formula is C17H25ClFN5. The van der Waals surface area contributed by atoms with E-state index >= 15 is 0 Å². The van der Waals surface area contributed by atoms with Crippen molar-refractivity contribution in [3.8, 4) is 0 Å². The number of nitrogens with two attached hydrogens (primary N) is 2. The van der Waals surface area contributed by atoms with Crippen LogP contribution in [-0.4, -0.2) is 36.9 Å². The van der Waals surface area contributed by atoms with Crippen molar-refractivity contribution < 1.29 is 4.39 Å². The molecule has 1 saturated heterocycles. The molecule has 1 aromatic carbocycles. The number of anilines is 2. The van der Waals surface area contributed by atoms with Crippen LogP contribution in [0.25, 0.3) is 0 Å². The van der Waals surface area contributed by atoms with Crippen molar-refractivity contribution in [2.45, 2.75) is 44.8 Å². The maximum atomic E-state index is 14.9. The van der Waals surface area contributed by atoms with Gasteiger partial charge in [0.1, 0.15) is 5.82 Å². The highest BCUT2D eigenvalue weighted by atomic mass is 35.5. The molecule has 0 radical (unpaired) electrons. The van der Waals surface area contributed by atoms with Gasteiger partial charge in [0.25, 0.3) is 0 Å². The van der Waals surface area contributed by atoms with Gasteiger partial charge in [0, 0.05) is 31.7 Å². The number of hydrogen-bond donors (Lipinski definition) is 2. The van der Waals surface area contributed by atoms with Gasteiger partial charge in [0.2, 0.25) is 0 Å². The van der Waals surface area contributed by atoms with E-state index in [4.69, 9.17) is 23.2 Å².